The highest BCUT2D eigenvalue weighted by molar-refractivity contribution is 6.17. The van der Waals surface area contributed by atoms with E-state index in [-0.39, 0.29) is 0 Å². The molecule has 1 aliphatic rings. The Morgan fingerprint density at radius 3 is 2.59 bits per heavy atom. The quantitative estimate of drug-likeness (QED) is 0.804. The molecule has 2 atom stereocenters. The smallest absolute Gasteiger partial charge is 0.161 e. The van der Waals surface area contributed by atoms with Gasteiger partial charge < -0.3 is 19.7 Å². The van der Waals surface area contributed by atoms with Gasteiger partial charge in [0.2, 0.25) is 0 Å². The molecule has 1 aromatic rings. The van der Waals surface area contributed by atoms with Gasteiger partial charge in [0, 0.05) is 5.88 Å². The van der Waals surface area contributed by atoms with Gasteiger partial charge in [0.1, 0.15) is 19.3 Å². The molecule has 0 aromatic heterocycles. The second-order valence-corrected chi connectivity index (χ2v) is 4.27. The first-order chi connectivity index (χ1) is 8.22. The van der Waals surface area contributed by atoms with Gasteiger partial charge in [0.25, 0.3) is 0 Å². The first-order valence-electron chi connectivity index (χ1n) is 5.54. The number of rotatable bonds is 4. The van der Waals surface area contributed by atoms with Crippen molar-refractivity contribution in [3.63, 3.8) is 0 Å². The predicted molar refractivity (Wildman–Crippen MR) is 63.7 cm³/mol. The van der Waals surface area contributed by atoms with E-state index < -0.39 is 12.2 Å². The molecule has 1 aromatic carbocycles. The number of hydrogen-bond donors (Lipinski definition) is 2. The number of aliphatic hydroxyl groups is 2. The first-order valence-corrected chi connectivity index (χ1v) is 6.07. The van der Waals surface area contributed by atoms with Crippen LogP contribution in [0.4, 0.5) is 0 Å². The monoisotopic (exact) mass is 258 g/mol. The van der Waals surface area contributed by atoms with Crippen molar-refractivity contribution in [1.29, 1.82) is 0 Å². The van der Waals surface area contributed by atoms with Crippen molar-refractivity contribution in [2.45, 2.75) is 18.6 Å². The molecule has 1 heterocycles. The Bertz CT molecular complexity index is 383. The van der Waals surface area contributed by atoms with Gasteiger partial charge in [-0.1, -0.05) is 6.07 Å². The molecule has 0 spiro atoms. The van der Waals surface area contributed by atoms with Crippen molar-refractivity contribution in [2.75, 3.05) is 19.1 Å². The Balaban J connectivity index is 2.15. The Morgan fingerprint density at radius 1 is 1.18 bits per heavy atom. The minimum atomic E-state index is -0.954. The molecule has 5 heteroatoms. The van der Waals surface area contributed by atoms with E-state index >= 15 is 0 Å². The fourth-order valence-corrected chi connectivity index (χ4v) is 1.96. The van der Waals surface area contributed by atoms with E-state index in [9.17, 15) is 10.2 Å². The van der Waals surface area contributed by atoms with Crippen molar-refractivity contribution in [3.8, 4) is 11.5 Å². The van der Waals surface area contributed by atoms with Gasteiger partial charge in [-0.15, -0.1) is 11.6 Å². The molecule has 2 rings (SSSR count). The zero-order valence-corrected chi connectivity index (χ0v) is 10.1. The van der Waals surface area contributed by atoms with Gasteiger partial charge in [-0.3, -0.25) is 0 Å². The third kappa shape index (κ3) is 2.83. The third-order valence-corrected chi connectivity index (χ3v) is 2.90. The lowest BCUT2D eigenvalue weighted by molar-refractivity contribution is 0.0167. The van der Waals surface area contributed by atoms with Crippen LogP contribution in [0.3, 0.4) is 0 Å². The van der Waals surface area contributed by atoms with Crippen LogP contribution in [0, 0.1) is 0 Å². The van der Waals surface area contributed by atoms with Gasteiger partial charge in [-0.05, 0) is 24.1 Å². The number of ether oxygens (including phenoxy) is 2. The van der Waals surface area contributed by atoms with Crippen LogP contribution >= 0.6 is 11.6 Å². The van der Waals surface area contributed by atoms with E-state index in [2.05, 4.69) is 0 Å². The largest absolute Gasteiger partial charge is 0.486 e. The number of aliphatic hydroxyl groups excluding tert-OH is 2. The van der Waals surface area contributed by atoms with E-state index in [1.54, 1.807) is 18.2 Å². The number of hydrogen-bond acceptors (Lipinski definition) is 4. The van der Waals surface area contributed by atoms with E-state index in [1.807, 2.05) is 0 Å². The minimum Gasteiger partial charge on any atom is -0.486 e. The number of halogens is 1. The molecular formula is C12H15ClO4. The van der Waals surface area contributed by atoms with Crippen molar-refractivity contribution >= 4 is 11.6 Å². The van der Waals surface area contributed by atoms with E-state index in [0.29, 0.717) is 42.6 Å². The van der Waals surface area contributed by atoms with Crippen LogP contribution in [0.5, 0.6) is 11.5 Å². The predicted octanol–water partition coefficient (Wildman–Crippen LogP) is 1.48. The van der Waals surface area contributed by atoms with Crippen molar-refractivity contribution in [1.82, 2.24) is 0 Å². The van der Waals surface area contributed by atoms with Crippen LogP contribution in [0.2, 0.25) is 0 Å². The lowest BCUT2D eigenvalue weighted by atomic mass is 10.0. The molecule has 0 saturated heterocycles. The van der Waals surface area contributed by atoms with E-state index in [0.717, 1.165) is 0 Å². The van der Waals surface area contributed by atoms with Crippen LogP contribution in [-0.2, 0) is 0 Å². The maximum absolute atomic E-state index is 9.92. The minimum absolute atomic E-state index is 0.308. The SMILES string of the molecule is OC(CCCl)C(O)c1ccc2c(c1)OCCO2. The van der Waals surface area contributed by atoms with Crippen molar-refractivity contribution in [3.05, 3.63) is 23.8 Å². The summed E-state index contributed by atoms with van der Waals surface area (Å²) in [5, 5.41) is 19.6. The average Bonchev–Trinajstić information content (AvgIpc) is 2.37. The van der Waals surface area contributed by atoms with Gasteiger partial charge in [-0.25, -0.2) is 0 Å². The highest BCUT2D eigenvalue weighted by atomic mass is 35.5. The molecule has 1 aliphatic heterocycles. The van der Waals surface area contributed by atoms with Crippen LogP contribution < -0.4 is 9.47 Å². The van der Waals surface area contributed by atoms with Crippen molar-refractivity contribution in [2.24, 2.45) is 0 Å². The summed E-state index contributed by atoms with van der Waals surface area (Å²) in [5.74, 6) is 1.58. The molecule has 2 unspecified atom stereocenters. The summed E-state index contributed by atoms with van der Waals surface area (Å²) in [6.07, 6.45) is -1.48. The lowest BCUT2D eigenvalue weighted by Gasteiger charge is -2.22. The zero-order valence-electron chi connectivity index (χ0n) is 9.30. The summed E-state index contributed by atoms with van der Waals surface area (Å²) in [6.45, 7) is 1.03. The summed E-state index contributed by atoms with van der Waals surface area (Å²) in [4.78, 5) is 0. The third-order valence-electron chi connectivity index (χ3n) is 2.68. The highest BCUT2D eigenvalue weighted by Gasteiger charge is 2.20. The van der Waals surface area contributed by atoms with Crippen LogP contribution in [0.15, 0.2) is 18.2 Å². The summed E-state index contributed by atoms with van der Waals surface area (Å²) < 4.78 is 10.8. The van der Waals surface area contributed by atoms with E-state index in [4.69, 9.17) is 21.1 Å². The van der Waals surface area contributed by atoms with Crippen LogP contribution in [0.1, 0.15) is 18.1 Å². The molecule has 94 valence electrons. The highest BCUT2D eigenvalue weighted by Crippen LogP contribution is 2.33. The van der Waals surface area contributed by atoms with Crippen LogP contribution in [-0.4, -0.2) is 35.4 Å². The molecule has 0 amide bonds. The van der Waals surface area contributed by atoms with Gasteiger partial charge in [0.15, 0.2) is 11.5 Å². The summed E-state index contributed by atoms with van der Waals surface area (Å²) in [7, 11) is 0. The molecule has 0 saturated carbocycles. The van der Waals surface area contributed by atoms with Crippen molar-refractivity contribution < 1.29 is 19.7 Å². The number of fused-ring (bicyclic) bond motifs is 1. The number of benzene rings is 1. The average molecular weight is 259 g/mol. The topological polar surface area (TPSA) is 58.9 Å². The van der Waals surface area contributed by atoms with Gasteiger partial charge >= 0.3 is 0 Å². The Morgan fingerprint density at radius 2 is 1.88 bits per heavy atom. The van der Waals surface area contributed by atoms with Crippen LogP contribution in [0.25, 0.3) is 0 Å². The molecule has 2 N–H and O–H groups in total. The summed E-state index contributed by atoms with van der Waals surface area (Å²) in [6, 6.07) is 5.15. The Hall–Kier alpha value is -0.970. The second kappa shape index (κ2) is 5.58. The lowest BCUT2D eigenvalue weighted by Crippen LogP contribution is -2.20. The fraction of sp³-hybridized carbons (Fsp3) is 0.500. The number of alkyl halides is 1. The second-order valence-electron chi connectivity index (χ2n) is 3.89. The fourth-order valence-electron chi connectivity index (χ4n) is 1.74. The van der Waals surface area contributed by atoms with E-state index in [1.165, 1.54) is 0 Å². The zero-order chi connectivity index (χ0) is 12.3. The van der Waals surface area contributed by atoms with Gasteiger partial charge in [-0.2, -0.15) is 0 Å². The Kier molecular flexibility index (Phi) is 4.10. The van der Waals surface area contributed by atoms with Gasteiger partial charge in [0.05, 0.1) is 6.10 Å². The molecule has 0 radical (unpaired) electrons. The first kappa shape index (κ1) is 12.5. The molecule has 4 nitrogen and oxygen atoms in total. The molecule has 0 aliphatic carbocycles. The molecule has 0 fully saturated rings. The molecular weight excluding hydrogens is 244 g/mol. The normalized spacial score (nSPS) is 17.6. The molecule has 0 bridgehead atoms. The molecule has 17 heavy (non-hydrogen) atoms. The summed E-state index contributed by atoms with van der Waals surface area (Å²) in [5.41, 5.74) is 0.604. The summed E-state index contributed by atoms with van der Waals surface area (Å²) >= 11 is 5.53. The Labute approximate surface area is 105 Å². The maximum atomic E-state index is 9.92. The standard InChI is InChI=1S/C12H15ClO4/c13-4-3-9(14)12(15)8-1-2-10-11(7-8)17-6-5-16-10/h1-2,7,9,12,14-15H,3-6H2. The maximum Gasteiger partial charge on any atom is 0.161 e.